The third-order valence-corrected chi connectivity index (χ3v) is 15.5. The Kier molecular flexibility index (Phi) is 15.7. The molecule has 1 fully saturated rings. The molecule has 9 heteroatoms. The molecule has 2 aromatic rings. The van der Waals surface area contributed by atoms with Crippen molar-refractivity contribution in [1.82, 2.24) is 0 Å². The Hall–Kier alpha value is -1.92. The summed E-state index contributed by atoms with van der Waals surface area (Å²) in [6, 6.07) is 12.3. The Bertz CT molecular complexity index is 1370. The highest BCUT2D eigenvalue weighted by molar-refractivity contribution is 14.1. The van der Waals surface area contributed by atoms with Crippen molar-refractivity contribution in [2.75, 3.05) is 6.61 Å². The Morgan fingerprint density at radius 3 is 2.37 bits per heavy atom. The van der Waals surface area contributed by atoms with Gasteiger partial charge in [0.2, 0.25) is 0 Å². The van der Waals surface area contributed by atoms with Gasteiger partial charge in [0.25, 0.3) is 0 Å². The van der Waals surface area contributed by atoms with Gasteiger partial charge in [-0.1, -0.05) is 85.2 Å². The molecule has 0 amide bonds. The van der Waals surface area contributed by atoms with E-state index in [0.717, 1.165) is 57.4 Å². The van der Waals surface area contributed by atoms with Gasteiger partial charge in [-0.05, 0) is 109 Å². The maximum atomic E-state index is 12.7. The van der Waals surface area contributed by atoms with Crippen LogP contribution in [-0.2, 0) is 38.3 Å². The Morgan fingerprint density at radius 1 is 1.10 bits per heavy atom. The molecule has 1 aliphatic rings. The minimum Gasteiger partial charge on any atom is -0.488 e. The van der Waals surface area contributed by atoms with Gasteiger partial charge in [-0.3, -0.25) is 0 Å². The molecular weight excluding hydrogens is 747 g/mol. The zero-order valence-corrected chi connectivity index (χ0v) is 34.7. The molecule has 3 rings (SSSR count). The molecule has 49 heavy (non-hydrogen) atoms. The van der Waals surface area contributed by atoms with Crippen LogP contribution in [0.3, 0.4) is 0 Å². The summed E-state index contributed by atoms with van der Waals surface area (Å²) in [5.74, 6) is 1.57. The Morgan fingerprint density at radius 2 is 1.80 bits per heavy atom. The van der Waals surface area contributed by atoms with Crippen LogP contribution >= 0.6 is 22.6 Å². The zero-order chi connectivity index (χ0) is 36.4. The lowest BCUT2D eigenvalue weighted by Crippen LogP contribution is -2.40. The fraction of sp³-hybridized carbons (Fsp3) is 0.625. The van der Waals surface area contributed by atoms with Crippen LogP contribution in [0.2, 0.25) is 18.1 Å². The summed E-state index contributed by atoms with van der Waals surface area (Å²) in [5, 5.41) is 11.4. The van der Waals surface area contributed by atoms with E-state index >= 15 is 0 Å². The third kappa shape index (κ3) is 11.3. The molecule has 4 atom stereocenters. The molecule has 1 aliphatic heterocycles. The molecule has 0 spiro atoms. The van der Waals surface area contributed by atoms with Gasteiger partial charge < -0.3 is 28.5 Å². The highest BCUT2D eigenvalue weighted by atomic mass is 127. The standard InChI is InChI=1S/C40H61IO7Si/c1-11-17-30(33(42)20-22-40(35(12-2)48-40)38(43)44-13-3)21-23-45-34-25-31(24-28(4)5)37(46-26-29-18-15-14-16-19-29)32(36(34)41)27-47-49(9,10)39(6,7)8/h14-16,18-19,21,23,25,28,30,33,35,42H,11-13,17,20,22,24,26-27H2,1-10H3/t30?,33?,35-,40?/m1/s1. The van der Waals surface area contributed by atoms with E-state index in [9.17, 15) is 9.90 Å². The van der Waals surface area contributed by atoms with Gasteiger partial charge in [-0.25, -0.2) is 4.79 Å². The number of epoxide rings is 1. The summed E-state index contributed by atoms with van der Waals surface area (Å²) in [7, 11) is -2.06. The summed E-state index contributed by atoms with van der Waals surface area (Å²) in [6.07, 6.45) is 6.99. The maximum Gasteiger partial charge on any atom is 0.341 e. The second-order valence-electron chi connectivity index (χ2n) is 15.2. The number of carbonyl (C=O) groups is 1. The van der Waals surface area contributed by atoms with E-state index in [1.165, 1.54) is 0 Å². The van der Waals surface area contributed by atoms with Gasteiger partial charge >= 0.3 is 5.97 Å². The number of aliphatic hydroxyl groups excluding tert-OH is 1. The van der Waals surface area contributed by atoms with Gasteiger partial charge in [0.1, 0.15) is 18.1 Å². The van der Waals surface area contributed by atoms with Crippen molar-refractivity contribution in [3.05, 3.63) is 69.0 Å². The quantitative estimate of drug-likeness (QED) is 0.0469. The SMILES string of the molecule is CCCC(C=COc1cc(CC(C)C)c(OCc2ccccc2)c(CO[Si](C)(C)C(C)(C)C)c1I)C(O)CCC1(C(=O)OCC)O[C@@H]1CC. The van der Waals surface area contributed by atoms with E-state index in [1.54, 1.807) is 13.2 Å². The number of benzene rings is 2. The second kappa shape index (κ2) is 18.5. The van der Waals surface area contributed by atoms with Crippen molar-refractivity contribution in [2.24, 2.45) is 11.8 Å². The molecule has 1 saturated heterocycles. The fourth-order valence-corrected chi connectivity index (χ4v) is 7.46. The number of hydrogen-bond acceptors (Lipinski definition) is 7. The van der Waals surface area contributed by atoms with Crippen molar-refractivity contribution in [3.8, 4) is 11.5 Å². The predicted molar refractivity (Wildman–Crippen MR) is 208 cm³/mol. The van der Waals surface area contributed by atoms with Crippen molar-refractivity contribution in [3.63, 3.8) is 0 Å². The van der Waals surface area contributed by atoms with Crippen molar-refractivity contribution < 1.29 is 33.3 Å². The summed E-state index contributed by atoms with van der Waals surface area (Å²) in [5.41, 5.74) is 2.28. The first kappa shape index (κ1) is 41.5. The van der Waals surface area contributed by atoms with Crippen LogP contribution in [0.4, 0.5) is 0 Å². The average Bonchev–Trinajstić information content (AvgIpc) is 3.78. The van der Waals surface area contributed by atoms with E-state index in [-0.39, 0.29) is 23.0 Å². The number of ether oxygens (including phenoxy) is 4. The lowest BCUT2D eigenvalue weighted by Gasteiger charge is -2.36. The third-order valence-electron chi connectivity index (χ3n) is 9.85. The van der Waals surface area contributed by atoms with Crippen LogP contribution in [0.5, 0.6) is 11.5 Å². The zero-order valence-electron chi connectivity index (χ0n) is 31.6. The van der Waals surface area contributed by atoms with Crippen LogP contribution < -0.4 is 9.47 Å². The first-order valence-electron chi connectivity index (χ1n) is 18.1. The van der Waals surface area contributed by atoms with E-state index in [0.29, 0.717) is 38.6 Å². The number of carbonyl (C=O) groups excluding carboxylic acids is 1. The monoisotopic (exact) mass is 808 g/mol. The molecule has 0 aliphatic carbocycles. The predicted octanol–water partition coefficient (Wildman–Crippen LogP) is 10.2. The number of aliphatic hydroxyl groups is 1. The first-order valence-corrected chi connectivity index (χ1v) is 22.1. The van der Waals surface area contributed by atoms with E-state index in [4.69, 9.17) is 23.4 Å². The minimum atomic E-state index is -2.06. The summed E-state index contributed by atoms with van der Waals surface area (Å²) < 4.78 is 31.9. The largest absolute Gasteiger partial charge is 0.488 e. The number of halogens is 1. The van der Waals surface area contributed by atoms with Gasteiger partial charge in [0, 0.05) is 11.5 Å². The average molecular weight is 809 g/mol. The minimum absolute atomic E-state index is 0.0648. The van der Waals surface area contributed by atoms with Crippen LogP contribution in [0, 0.1) is 15.4 Å². The lowest BCUT2D eigenvalue weighted by molar-refractivity contribution is -0.150. The smallest absolute Gasteiger partial charge is 0.341 e. The second-order valence-corrected chi connectivity index (χ2v) is 21.1. The molecule has 3 unspecified atom stereocenters. The molecule has 0 radical (unpaired) electrons. The molecule has 7 nitrogen and oxygen atoms in total. The number of hydrogen-bond donors (Lipinski definition) is 1. The summed E-state index contributed by atoms with van der Waals surface area (Å²) in [4.78, 5) is 12.7. The summed E-state index contributed by atoms with van der Waals surface area (Å²) in [6.45, 7) is 22.8. The normalized spacial score (nSPS) is 19.2. The van der Waals surface area contributed by atoms with E-state index < -0.39 is 20.0 Å². The Balaban J connectivity index is 1.90. The molecule has 0 bridgehead atoms. The lowest BCUT2D eigenvalue weighted by atomic mass is 9.89. The van der Waals surface area contributed by atoms with E-state index in [2.05, 4.69) is 95.4 Å². The summed E-state index contributed by atoms with van der Waals surface area (Å²) >= 11 is 2.37. The fourth-order valence-electron chi connectivity index (χ4n) is 5.84. The van der Waals surface area contributed by atoms with Crippen molar-refractivity contribution in [2.45, 2.75) is 143 Å². The van der Waals surface area contributed by atoms with Gasteiger partial charge in [-0.2, -0.15) is 0 Å². The van der Waals surface area contributed by atoms with Crippen LogP contribution in [0.1, 0.15) is 104 Å². The topological polar surface area (TPSA) is 86.8 Å². The molecule has 1 N–H and O–H groups in total. The molecule has 2 aromatic carbocycles. The van der Waals surface area contributed by atoms with Crippen molar-refractivity contribution >= 4 is 36.9 Å². The van der Waals surface area contributed by atoms with Crippen LogP contribution in [0.25, 0.3) is 0 Å². The van der Waals surface area contributed by atoms with Gasteiger partial charge in [0.05, 0.1) is 35.3 Å². The van der Waals surface area contributed by atoms with Gasteiger partial charge in [0.15, 0.2) is 13.9 Å². The highest BCUT2D eigenvalue weighted by Crippen LogP contribution is 2.45. The molecular formula is C40H61IO7Si. The molecule has 274 valence electrons. The molecule has 0 saturated carbocycles. The highest BCUT2D eigenvalue weighted by Gasteiger charge is 2.62. The van der Waals surface area contributed by atoms with Gasteiger partial charge in [-0.15, -0.1) is 0 Å². The van der Waals surface area contributed by atoms with Crippen LogP contribution in [-0.4, -0.2) is 43.8 Å². The van der Waals surface area contributed by atoms with E-state index in [1.807, 2.05) is 31.2 Å². The number of rotatable bonds is 20. The van der Waals surface area contributed by atoms with Crippen molar-refractivity contribution in [1.29, 1.82) is 0 Å². The van der Waals surface area contributed by atoms with Crippen LogP contribution in [0.15, 0.2) is 48.7 Å². The molecule has 0 aromatic heterocycles. The molecule has 1 heterocycles. The number of esters is 1. The maximum absolute atomic E-state index is 12.7. The first-order chi connectivity index (χ1) is 23.1. The Labute approximate surface area is 310 Å².